The first kappa shape index (κ1) is 15.1. The number of aromatic nitrogens is 2. The largest absolute Gasteiger partial charge is 0.480 e. The van der Waals surface area contributed by atoms with Crippen molar-refractivity contribution in [1.82, 2.24) is 14.9 Å². The van der Waals surface area contributed by atoms with E-state index < -0.39 is 0 Å². The molecule has 1 fully saturated rings. The number of hydrogen-bond donors (Lipinski definition) is 1. The Labute approximate surface area is 114 Å². The highest BCUT2D eigenvalue weighted by Gasteiger charge is 2.20. The number of halogens is 1. The van der Waals surface area contributed by atoms with Crippen molar-refractivity contribution in [2.75, 3.05) is 26.7 Å². The number of rotatable bonds is 4. The average Bonchev–Trinajstić information content (AvgIpc) is 2.39. The molecule has 1 aromatic heterocycles. The second-order valence-corrected chi connectivity index (χ2v) is 4.49. The number of nitrogens with two attached hydrogens (primary N) is 1. The second-order valence-electron chi connectivity index (χ2n) is 4.49. The summed E-state index contributed by atoms with van der Waals surface area (Å²) in [5.41, 5.74) is 6.65. The Balaban J connectivity index is 0.00000162. The quantitative estimate of drug-likeness (QED) is 0.889. The summed E-state index contributed by atoms with van der Waals surface area (Å²) < 4.78 is 5.22. The van der Waals surface area contributed by atoms with E-state index in [1.807, 2.05) is 0 Å². The van der Waals surface area contributed by atoms with Crippen molar-refractivity contribution in [3.8, 4) is 5.88 Å². The van der Waals surface area contributed by atoms with Crippen LogP contribution in [0.2, 0.25) is 0 Å². The second kappa shape index (κ2) is 7.51. The summed E-state index contributed by atoms with van der Waals surface area (Å²) in [6.45, 7) is 3.73. The van der Waals surface area contributed by atoms with Gasteiger partial charge in [-0.1, -0.05) is 0 Å². The Kier molecular flexibility index (Phi) is 6.32. The zero-order valence-corrected chi connectivity index (χ0v) is 11.5. The first-order chi connectivity index (χ1) is 8.33. The molecule has 18 heavy (non-hydrogen) atoms. The molecule has 0 radical (unpaired) electrons. The molecular weight excluding hydrogens is 252 g/mol. The zero-order chi connectivity index (χ0) is 12.1. The molecule has 1 unspecified atom stereocenters. The minimum Gasteiger partial charge on any atom is -0.480 e. The normalized spacial score (nSPS) is 20.2. The van der Waals surface area contributed by atoms with Gasteiger partial charge in [0.25, 0.3) is 0 Å². The molecule has 1 atom stereocenters. The van der Waals surface area contributed by atoms with Crippen LogP contribution in [-0.4, -0.2) is 41.6 Å². The Morgan fingerprint density at radius 2 is 2.22 bits per heavy atom. The van der Waals surface area contributed by atoms with Gasteiger partial charge in [0.2, 0.25) is 5.88 Å². The lowest BCUT2D eigenvalue weighted by molar-refractivity contribution is 0.167. The van der Waals surface area contributed by atoms with Crippen LogP contribution < -0.4 is 10.5 Å². The van der Waals surface area contributed by atoms with E-state index in [9.17, 15) is 0 Å². The third kappa shape index (κ3) is 3.80. The standard InChI is InChI=1S/C12H20N4O.ClH/c1-17-12-11(14-4-5-15-12)9-16-6-2-3-10(7-13)8-16;/h4-5,10H,2-3,6-9,13H2,1H3;1H. The fraction of sp³-hybridized carbons (Fsp3) is 0.667. The molecule has 102 valence electrons. The number of methoxy groups -OCH3 is 1. The predicted molar refractivity (Wildman–Crippen MR) is 72.9 cm³/mol. The van der Waals surface area contributed by atoms with Gasteiger partial charge in [0, 0.05) is 25.5 Å². The number of piperidine rings is 1. The molecule has 0 spiro atoms. The van der Waals surface area contributed by atoms with Crippen LogP contribution in [0.4, 0.5) is 0 Å². The molecule has 2 heterocycles. The van der Waals surface area contributed by atoms with Gasteiger partial charge in [0.1, 0.15) is 5.69 Å². The summed E-state index contributed by atoms with van der Waals surface area (Å²) >= 11 is 0. The molecule has 1 saturated heterocycles. The first-order valence-corrected chi connectivity index (χ1v) is 6.09. The van der Waals surface area contributed by atoms with Gasteiger partial charge in [-0.25, -0.2) is 4.98 Å². The predicted octanol–water partition coefficient (Wildman–Crippen LogP) is 1.08. The van der Waals surface area contributed by atoms with Crippen LogP contribution in [0.15, 0.2) is 12.4 Å². The van der Waals surface area contributed by atoms with Gasteiger partial charge >= 0.3 is 0 Å². The molecule has 0 amide bonds. The Hall–Kier alpha value is -0.910. The van der Waals surface area contributed by atoms with Crippen molar-refractivity contribution in [2.45, 2.75) is 19.4 Å². The van der Waals surface area contributed by atoms with E-state index in [-0.39, 0.29) is 12.4 Å². The minimum atomic E-state index is 0. The van der Waals surface area contributed by atoms with Crippen molar-refractivity contribution in [2.24, 2.45) is 11.7 Å². The summed E-state index contributed by atoms with van der Waals surface area (Å²) in [6, 6.07) is 0. The topological polar surface area (TPSA) is 64.3 Å². The van der Waals surface area contributed by atoms with Crippen molar-refractivity contribution in [3.63, 3.8) is 0 Å². The van der Waals surface area contributed by atoms with E-state index in [2.05, 4.69) is 14.9 Å². The fourth-order valence-electron chi connectivity index (χ4n) is 2.33. The lowest BCUT2D eigenvalue weighted by Gasteiger charge is -2.31. The highest BCUT2D eigenvalue weighted by atomic mass is 35.5. The molecule has 0 saturated carbocycles. The SMILES string of the molecule is COc1nccnc1CN1CCCC(CN)C1.Cl. The molecular formula is C12H21ClN4O. The molecule has 1 aliphatic heterocycles. The molecule has 1 aliphatic rings. The van der Waals surface area contributed by atoms with E-state index in [0.29, 0.717) is 11.8 Å². The van der Waals surface area contributed by atoms with Crippen LogP contribution in [-0.2, 0) is 6.54 Å². The van der Waals surface area contributed by atoms with E-state index in [1.54, 1.807) is 19.5 Å². The van der Waals surface area contributed by atoms with Crippen LogP contribution in [0.25, 0.3) is 0 Å². The molecule has 0 bridgehead atoms. The molecule has 0 aliphatic carbocycles. The molecule has 5 nitrogen and oxygen atoms in total. The Morgan fingerprint density at radius 1 is 1.44 bits per heavy atom. The fourth-order valence-corrected chi connectivity index (χ4v) is 2.33. The number of ether oxygens (including phenoxy) is 1. The van der Waals surface area contributed by atoms with E-state index in [4.69, 9.17) is 10.5 Å². The third-order valence-corrected chi connectivity index (χ3v) is 3.24. The summed E-state index contributed by atoms with van der Waals surface area (Å²) in [5.74, 6) is 1.24. The smallest absolute Gasteiger partial charge is 0.236 e. The Bertz CT molecular complexity index is 364. The van der Waals surface area contributed by atoms with Gasteiger partial charge in [-0.2, -0.15) is 0 Å². The maximum atomic E-state index is 5.74. The van der Waals surface area contributed by atoms with E-state index in [0.717, 1.165) is 31.9 Å². The number of hydrogen-bond acceptors (Lipinski definition) is 5. The lowest BCUT2D eigenvalue weighted by atomic mass is 9.98. The molecule has 2 N–H and O–H groups in total. The van der Waals surface area contributed by atoms with Gasteiger partial charge in [-0.05, 0) is 31.8 Å². The monoisotopic (exact) mass is 272 g/mol. The average molecular weight is 273 g/mol. The van der Waals surface area contributed by atoms with Crippen molar-refractivity contribution >= 4 is 12.4 Å². The molecule has 6 heteroatoms. The van der Waals surface area contributed by atoms with Gasteiger partial charge in [-0.3, -0.25) is 9.88 Å². The van der Waals surface area contributed by atoms with E-state index >= 15 is 0 Å². The van der Waals surface area contributed by atoms with Crippen LogP contribution in [0.1, 0.15) is 18.5 Å². The zero-order valence-electron chi connectivity index (χ0n) is 10.7. The lowest BCUT2D eigenvalue weighted by Crippen LogP contribution is -2.38. The molecule has 0 aromatic carbocycles. The van der Waals surface area contributed by atoms with Gasteiger partial charge in [0.05, 0.1) is 7.11 Å². The number of likely N-dealkylation sites (tertiary alicyclic amines) is 1. The van der Waals surface area contributed by atoms with Gasteiger partial charge in [-0.15, -0.1) is 12.4 Å². The van der Waals surface area contributed by atoms with Crippen LogP contribution >= 0.6 is 12.4 Å². The molecule has 1 aromatic rings. The van der Waals surface area contributed by atoms with Crippen LogP contribution in [0.5, 0.6) is 5.88 Å². The van der Waals surface area contributed by atoms with Gasteiger partial charge < -0.3 is 10.5 Å². The maximum Gasteiger partial charge on any atom is 0.236 e. The minimum absolute atomic E-state index is 0. The summed E-state index contributed by atoms with van der Waals surface area (Å²) in [5, 5.41) is 0. The van der Waals surface area contributed by atoms with Crippen molar-refractivity contribution in [1.29, 1.82) is 0 Å². The number of nitrogens with zero attached hydrogens (tertiary/aromatic N) is 3. The van der Waals surface area contributed by atoms with Crippen molar-refractivity contribution in [3.05, 3.63) is 18.1 Å². The van der Waals surface area contributed by atoms with Crippen LogP contribution in [0.3, 0.4) is 0 Å². The van der Waals surface area contributed by atoms with Crippen LogP contribution in [0, 0.1) is 5.92 Å². The highest BCUT2D eigenvalue weighted by Crippen LogP contribution is 2.19. The summed E-state index contributed by atoms with van der Waals surface area (Å²) in [6.07, 6.45) is 5.82. The summed E-state index contributed by atoms with van der Waals surface area (Å²) in [7, 11) is 1.63. The summed E-state index contributed by atoms with van der Waals surface area (Å²) in [4.78, 5) is 10.9. The van der Waals surface area contributed by atoms with E-state index in [1.165, 1.54) is 12.8 Å². The van der Waals surface area contributed by atoms with Crippen molar-refractivity contribution < 1.29 is 4.74 Å². The Morgan fingerprint density at radius 3 is 2.94 bits per heavy atom. The highest BCUT2D eigenvalue weighted by molar-refractivity contribution is 5.85. The molecule has 2 rings (SSSR count). The third-order valence-electron chi connectivity index (χ3n) is 3.24. The maximum absolute atomic E-state index is 5.74. The first-order valence-electron chi connectivity index (χ1n) is 6.09. The van der Waals surface area contributed by atoms with Gasteiger partial charge in [0.15, 0.2) is 0 Å².